The third kappa shape index (κ3) is 3.71. The van der Waals surface area contributed by atoms with E-state index in [1.807, 2.05) is 11.6 Å². The molecule has 1 aromatic heterocycles. The van der Waals surface area contributed by atoms with E-state index >= 15 is 0 Å². The predicted molar refractivity (Wildman–Crippen MR) is 102 cm³/mol. The third-order valence-corrected chi connectivity index (χ3v) is 6.37. The van der Waals surface area contributed by atoms with E-state index in [1.165, 1.54) is 5.56 Å². The number of nitrogens with one attached hydrogen (secondary N) is 1. The summed E-state index contributed by atoms with van der Waals surface area (Å²) in [4.78, 5) is 19.4. The zero-order chi connectivity index (χ0) is 17.1. The van der Waals surface area contributed by atoms with Crippen molar-refractivity contribution in [3.63, 3.8) is 0 Å². The Morgan fingerprint density at radius 1 is 1.12 bits per heavy atom. The Morgan fingerprint density at radius 2 is 1.92 bits per heavy atom. The Labute approximate surface area is 153 Å². The van der Waals surface area contributed by atoms with Gasteiger partial charge in [0.2, 0.25) is 5.91 Å². The van der Waals surface area contributed by atoms with Crippen LogP contribution in [0.1, 0.15) is 50.0 Å². The van der Waals surface area contributed by atoms with Gasteiger partial charge in [-0.15, -0.1) is 11.3 Å². The van der Waals surface area contributed by atoms with E-state index in [4.69, 9.17) is 0 Å². The van der Waals surface area contributed by atoms with Gasteiger partial charge >= 0.3 is 0 Å². The average Bonchev–Trinajstić information content (AvgIpc) is 3.34. The highest BCUT2D eigenvalue weighted by Crippen LogP contribution is 2.33. The number of rotatable bonds is 4. The average molecular weight is 356 g/mol. The molecule has 0 spiro atoms. The summed E-state index contributed by atoms with van der Waals surface area (Å²) in [6, 6.07) is 11.1. The maximum Gasteiger partial charge on any atom is 0.243 e. The lowest BCUT2D eigenvalue weighted by atomic mass is 9.81. The Bertz CT molecular complexity index is 680. The number of hydrogen-bond acceptors (Lipinski definition) is 4. The second kappa shape index (κ2) is 7.56. The van der Waals surface area contributed by atoms with Gasteiger partial charge in [0.15, 0.2) is 5.13 Å². The highest BCUT2D eigenvalue weighted by atomic mass is 32.1. The first-order valence-corrected chi connectivity index (χ1v) is 10.2. The van der Waals surface area contributed by atoms with Gasteiger partial charge in [-0.2, -0.15) is 0 Å². The summed E-state index contributed by atoms with van der Waals surface area (Å²) in [5.74, 6) is 0.837. The summed E-state index contributed by atoms with van der Waals surface area (Å²) in [5.41, 5.74) is 1.44. The van der Waals surface area contributed by atoms with Crippen LogP contribution in [0.5, 0.6) is 0 Å². The van der Waals surface area contributed by atoms with Crippen LogP contribution in [0.3, 0.4) is 0 Å². The first-order valence-electron chi connectivity index (χ1n) is 9.33. The molecule has 0 radical (unpaired) electrons. The number of amides is 1. The number of benzene rings is 1. The minimum absolute atomic E-state index is 0.0435. The van der Waals surface area contributed by atoms with Gasteiger partial charge in [0.1, 0.15) is 6.04 Å². The zero-order valence-corrected chi connectivity index (χ0v) is 15.3. The lowest BCUT2D eigenvalue weighted by Gasteiger charge is -2.31. The van der Waals surface area contributed by atoms with Crippen molar-refractivity contribution in [2.45, 2.75) is 56.5 Å². The number of nitrogens with zero attached hydrogens (tertiary/aromatic N) is 2. The van der Waals surface area contributed by atoms with Gasteiger partial charge in [-0.1, -0.05) is 30.3 Å². The molecule has 2 heterocycles. The number of aromatic nitrogens is 1. The molecular weight excluding hydrogens is 330 g/mol. The van der Waals surface area contributed by atoms with Crippen molar-refractivity contribution in [1.29, 1.82) is 0 Å². The first kappa shape index (κ1) is 16.6. The van der Waals surface area contributed by atoms with Crippen molar-refractivity contribution in [1.82, 2.24) is 10.3 Å². The fourth-order valence-electron chi connectivity index (χ4n) is 4.22. The summed E-state index contributed by atoms with van der Waals surface area (Å²) in [6.07, 6.45) is 8.30. The van der Waals surface area contributed by atoms with Crippen LogP contribution in [-0.4, -0.2) is 29.5 Å². The summed E-state index contributed by atoms with van der Waals surface area (Å²) in [7, 11) is 0. The molecule has 132 valence electrons. The van der Waals surface area contributed by atoms with Gasteiger partial charge in [-0.3, -0.25) is 4.79 Å². The first-order chi connectivity index (χ1) is 12.3. The van der Waals surface area contributed by atoms with Crippen molar-refractivity contribution in [3.05, 3.63) is 47.5 Å². The number of carbonyl (C=O) groups is 1. The molecule has 2 fully saturated rings. The molecule has 1 atom stereocenters. The summed E-state index contributed by atoms with van der Waals surface area (Å²) < 4.78 is 0. The lowest BCUT2D eigenvalue weighted by Crippen LogP contribution is -2.47. The van der Waals surface area contributed by atoms with Crippen molar-refractivity contribution in [3.8, 4) is 0 Å². The van der Waals surface area contributed by atoms with Crippen LogP contribution in [0.15, 0.2) is 41.9 Å². The van der Waals surface area contributed by atoms with Crippen LogP contribution in [0.2, 0.25) is 0 Å². The molecule has 1 N–H and O–H groups in total. The highest BCUT2D eigenvalue weighted by molar-refractivity contribution is 7.13. The van der Waals surface area contributed by atoms with Crippen molar-refractivity contribution in [2.75, 3.05) is 11.4 Å². The maximum absolute atomic E-state index is 12.8. The Hall–Kier alpha value is -1.88. The Kier molecular flexibility index (Phi) is 5.02. The molecule has 2 aliphatic rings. The van der Waals surface area contributed by atoms with Crippen LogP contribution in [0, 0.1) is 0 Å². The molecule has 1 aliphatic heterocycles. The number of anilines is 1. The van der Waals surface area contributed by atoms with Crippen LogP contribution >= 0.6 is 11.3 Å². The quantitative estimate of drug-likeness (QED) is 0.903. The molecule has 4 nitrogen and oxygen atoms in total. The standard InChI is InChI=1S/C20H25N3OS/c24-19(18-7-4-13-23(18)20-21-12-14-25-20)22-17-10-8-16(9-11-17)15-5-2-1-3-6-15/h1-3,5-6,12,14,16-18H,4,7-11,13H2,(H,22,24)/t16?,17?,18-/m1/s1. The second-order valence-corrected chi connectivity index (χ2v) is 8.01. The van der Waals surface area contributed by atoms with E-state index in [1.54, 1.807) is 11.3 Å². The van der Waals surface area contributed by atoms with E-state index in [9.17, 15) is 4.79 Å². The smallest absolute Gasteiger partial charge is 0.243 e. The summed E-state index contributed by atoms with van der Waals surface area (Å²) in [6.45, 7) is 0.937. The highest BCUT2D eigenvalue weighted by Gasteiger charge is 2.34. The van der Waals surface area contributed by atoms with Gasteiger partial charge in [0.25, 0.3) is 0 Å². The van der Waals surface area contributed by atoms with Crippen LogP contribution in [0.25, 0.3) is 0 Å². The minimum Gasteiger partial charge on any atom is -0.352 e. The maximum atomic E-state index is 12.8. The molecular formula is C20H25N3OS. The Balaban J connectivity index is 1.32. The molecule has 0 unspecified atom stereocenters. The van der Waals surface area contributed by atoms with Crippen molar-refractivity contribution < 1.29 is 4.79 Å². The molecule has 1 saturated carbocycles. The molecule has 4 rings (SSSR count). The largest absolute Gasteiger partial charge is 0.352 e. The van der Waals surface area contributed by atoms with Gasteiger partial charge in [-0.25, -0.2) is 4.98 Å². The van der Waals surface area contributed by atoms with Crippen molar-refractivity contribution >= 4 is 22.4 Å². The van der Waals surface area contributed by atoms with E-state index in [-0.39, 0.29) is 11.9 Å². The molecule has 1 saturated heterocycles. The molecule has 1 aromatic carbocycles. The van der Waals surface area contributed by atoms with E-state index in [0.717, 1.165) is 50.2 Å². The van der Waals surface area contributed by atoms with Crippen LogP contribution in [-0.2, 0) is 4.79 Å². The number of carbonyl (C=O) groups excluding carboxylic acids is 1. The zero-order valence-electron chi connectivity index (χ0n) is 14.4. The number of hydrogen-bond donors (Lipinski definition) is 1. The van der Waals surface area contributed by atoms with Crippen LogP contribution in [0.4, 0.5) is 5.13 Å². The van der Waals surface area contributed by atoms with Gasteiger partial charge in [0.05, 0.1) is 0 Å². The van der Waals surface area contributed by atoms with Gasteiger partial charge < -0.3 is 10.2 Å². The van der Waals surface area contributed by atoms with Crippen LogP contribution < -0.4 is 10.2 Å². The van der Waals surface area contributed by atoms with E-state index < -0.39 is 0 Å². The normalized spacial score (nSPS) is 26.6. The summed E-state index contributed by atoms with van der Waals surface area (Å²) in [5, 5.41) is 6.28. The predicted octanol–water partition coefficient (Wildman–Crippen LogP) is 3.95. The van der Waals surface area contributed by atoms with Crippen molar-refractivity contribution in [2.24, 2.45) is 0 Å². The monoisotopic (exact) mass is 355 g/mol. The molecule has 5 heteroatoms. The molecule has 25 heavy (non-hydrogen) atoms. The second-order valence-electron chi connectivity index (χ2n) is 7.13. The van der Waals surface area contributed by atoms with Gasteiger partial charge in [0, 0.05) is 24.2 Å². The van der Waals surface area contributed by atoms with E-state index in [2.05, 4.69) is 45.5 Å². The molecule has 2 aromatic rings. The van der Waals surface area contributed by atoms with Gasteiger partial charge in [-0.05, 0) is 50.0 Å². The fourth-order valence-corrected chi connectivity index (χ4v) is 4.94. The topological polar surface area (TPSA) is 45.2 Å². The molecule has 0 bridgehead atoms. The molecule has 1 aliphatic carbocycles. The summed E-state index contributed by atoms with van der Waals surface area (Å²) >= 11 is 1.62. The van der Waals surface area contributed by atoms with E-state index in [0.29, 0.717) is 12.0 Å². The molecule has 1 amide bonds. The Morgan fingerprint density at radius 3 is 2.64 bits per heavy atom. The number of thiazole rings is 1. The third-order valence-electron chi connectivity index (χ3n) is 5.56. The lowest BCUT2D eigenvalue weighted by molar-refractivity contribution is -0.123. The fraction of sp³-hybridized carbons (Fsp3) is 0.500. The SMILES string of the molecule is O=C(NC1CCC(c2ccccc2)CC1)[C@H]1CCCN1c1nccs1. The minimum atomic E-state index is -0.0435.